The normalized spacial score (nSPS) is 20.0. The van der Waals surface area contributed by atoms with Crippen LogP contribution in [-0.2, 0) is 10.2 Å². The smallest absolute Gasteiger partial charge is 0.237 e. The number of likely N-dealkylation sites (tertiary alicyclic amines) is 1. The zero-order valence-electron chi connectivity index (χ0n) is 15.5. The van der Waals surface area contributed by atoms with Gasteiger partial charge in [-0.15, -0.1) is 21.5 Å². The molecule has 1 saturated carbocycles. The SMILES string of the molecule is O=C(Nc1nnc(SCCN2CCCCC2)s1)C1(c2cccs2)CCCC1. The monoisotopic (exact) mass is 422 g/mol. The first-order valence-electron chi connectivity index (χ1n) is 9.80. The summed E-state index contributed by atoms with van der Waals surface area (Å²) in [5.41, 5.74) is -0.374. The van der Waals surface area contributed by atoms with Crippen molar-refractivity contribution in [3.05, 3.63) is 22.4 Å². The molecule has 0 spiro atoms. The molecule has 0 radical (unpaired) electrons. The number of piperidine rings is 1. The third kappa shape index (κ3) is 4.55. The number of anilines is 1. The number of nitrogens with zero attached hydrogens (tertiary/aromatic N) is 3. The van der Waals surface area contributed by atoms with Gasteiger partial charge in [0.15, 0.2) is 4.34 Å². The van der Waals surface area contributed by atoms with Crippen LogP contribution in [0.1, 0.15) is 49.8 Å². The summed E-state index contributed by atoms with van der Waals surface area (Å²) >= 11 is 4.93. The molecule has 2 fully saturated rings. The summed E-state index contributed by atoms with van der Waals surface area (Å²) in [6.45, 7) is 3.55. The summed E-state index contributed by atoms with van der Waals surface area (Å²) in [4.78, 5) is 16.8. The number of thioether (sulfide) groups is 1. The van der Waals surface area contributed by atoms with E-state index < -0.39 is 0 Å². The van der Waals surface area contributed by atoms with Gasteiger partial charge >= 0.3 is 0 Å². The number of nitrogens with one attached hydrogen (secondary N) is 1. The Kier molecular flexibility index (Phi) is 6.47. The van der Waals surface area contributed by atoms with Crippen LogP contribution < -0.4 is 5.32 Å². The topological polar surface area (TPSA) is 58.1 Å². The largest absolute Gasteiger partial charge is 0.303 e. The van der Waals surface area contributed by atoms with E-state index in [0.29, 0.717) is 5.13 Å². The van der Waals surface area contributed by atoms with Crippen LogP contribution in [0.15, 0.2) is 21.9 Å². The summed E-state index contributed by atoms with van der Waals surface area (Å²) in [6.07, 6.45) is 8.09. The van der Waals surface area contributed by atoms with E-state index in [0.717, 1.165) is 42.3 Å². The average Bonchev–Trinajstić information content (AvgIpc) is 3.44. The van der Waals surface area contributed by atoms with Crippen molar-refractivity contribution in [2.24, 2.45) is 0 Å². The van der Waals surface area contributed by atoms with Gasteiger partial charge in [0.2, 0.25) is 11.0 Å². The highest BCUT2D eigenvalue weighted by atomic mass is 32.2. The number of thiophene rings is 1. The Morgan fingerprint density at radius 1 is 1.19 bits per heavy atom. The molecule has 1 aliphatic heterocycles. The third-order valence-corrected chi connectivity index (χ3v) is 8.62. The first kappa shape index (κ1) is 19.4. The van der Waals surface area contributed by atoms with Crippen molar-refractivity contribution in [2.45, 2.75) is 54.7 Å². The molecule has 1 saturated heterocycles. The molecule has 1 amide bonds. The van der Waals surface area contributed by atoms with Crippen LogP contribution in [-0.4, -0.2) is 46.4 Å². The third-order valence-electron chi connectivity index (χ3n) is 5.59. The molecule has 0 bridgehead atoms. The highest BCUT2D eigenvalue weighted by molar-refractivity contribution is 8.01. The minimum Gasteiger partial charge on any atom is -0.303 e. The number of aromatic nitrogens is 2. The van der Waals surface area contributed by atoms with E-state index in [2.05, 4.69) is 31.9 Å². The lowest BCUT2D eigenvalue weighted by molar-refractivity contribution is -0.121. The van der Waals surface area contributed by atoms with Gasteiger partial charge in [-0.05, 0) is 50.2 Å². The Bertz CT molecular complexity index is 734. The Hall–Kier alpha value is -0.960. The number of hydrogen-bond donors (Lipinski definition) is 1. The molecule has 4 rings (SSSR count). The highest BCUT2D eigenvalue weighted by Crippen LogP contribution is 2.44. The molecule has 0 aromatic carbocycles. The van der Waals surface area contributed by atoms with Gasteiger partial charge in [-0.25, -0.2) is 0 Å². The van der Waals surface area contributed by atoms with Gasteiger partial charge in [0.05, 0.1) is 5.41 Å². The van der Waals surface area contributed by atoms with Gasteiger partial charge in [0.25, 0.3) is 0 Å². The van der Waals surface area contributed by atoms with Crippen LogP contribution >= 0.6 is 34.4 Å². The molecule has 2 aromatic rings. The molecule has 27 heavy (non-hydrogen) atoms. The van der Waals surface area contributed by atoms with Crippen LogP contribution in [0.4, 0.5) is 5.13 Å². The number of rotatable bonds is 7. The second kappa shape index (κ2) is 9.03. The summed E-state index contributed by atoms with van der Waals surface area (Å²) in [7, 11) is 0. The molecule has 146 valence electrons. The Morgan fingerprint density at radius 2 is 2.00 bits per heavy atom. The number of amides is 1. The van der Waals surface area contributed by atoms with Crippen molar-refractivity contribution in [1.29, 1.82) is 0 Å². The quantitative estimate of drug-likeness (QED) is 0.521. The predicted octanol–water partition coefficient (Wildman–Crippen LogP) is 4.63. The second-order valence-corrected chi connectivity index (χ2v) is 10.6. The predicted molar refractivity (Wildman–Crippen MR) is 114 cm³/mol. The van der Waals surface area contributed by atoms with E-state index in [1.165, 1.54) is 48.6 Å². The van der Waals surface area contributed by atoms with Crippen LogP contribution in [0, 0.1) is 0 Å². The van der Waals surface area contributed by atoms with Gasteiger partial charge in [-0.1, -0.05) is 48.4 Å². The van der Waals surface area contributed by atoms with Crippen LogP contribution in [0.25, 0.3) is 0 Å². The Balaban J connectivity index is 1.32. The van der Waals surface area contributed by atoms with Crippen LogP contribution in [0.5, 0.6) is 0 Å². The molecule has 0 unspecified atom stereocenters. The molecule has 8 heteroatoms. The molecule has 1 N–H and O–H groups in total. The maximum absolute atomic E-state index is 13.1. The molecule has 2 aromatic heterocycles. The van der Waals surface area contributed by atoms with Crippen molar-refractivity contribution in [1.82, 2.24) is 15.1 Å². The van der Waals surface area contributed by atoms with Gasteiger partial charge < -0.3 is 4.90 Å². The lowest BCUT2D eigenvalue weighted by atomic mass is 9.83. The zero-order valence-corrected chi connectivity index (χ0v) is 17.9. The zero-order chi connectivity index (χ0) is 18.5. The minimum atomic E-state index is -0.374. The van der Waals surface area contributed by atoms with Crippen LogP contribution in [0.2, 0.25) is 0 Å². The van der Waals surface area contributed by atoms with E-state index in [1.807, 2.05) is 6.07 Å². The average molecular weight is 423 g/mol. The number of hydrogen-bond acceptors (Lipinski definition) is 7. The lowest BCUT2D eigenvalue weighted by Gasteiger charge is -2.25. The highest BCUT2D eigenvalue weighted by Gasteiger charge is 2.43. The molecular formula is C19H26N4OS3. The summed E-state index contributed by atoms with van der Waals surface area (Å²) < 4.78 is 0.943. The molecule has 1 aliphatic carbocycles. The summed E-state index contributed by atoms with van der Waals surface area (Å²) in [6, 6.07) is 4.13. The van der Waals surface area contributed by atoms with E-state index in [1.54, 1.807) is 23.1 Å². The first-order chi connectivity index (χ1) is 13.3. The summed E-state index contributed by atoms with van der Waals surface area (Å²) in [5, 5.41) is 14.2. The van der Waals surface area contributed by atoms with E-state index >= 15 is 0 Å². The lowest BCUT2D eigenvalue weighted by Crippen LogP contribution is -2.37. The molecular weight excluding hydrogens is 396 g/mol. The first-order valence-corrected chi connectivity index (χ1v) is 12.5. The minimum absolute atomic E-state index is 0.0865. The maximum Gasteiger partial charge on any atom is 0.237 e. The van der Waals surface area contributed by atoms with Gasteiger partial charge in [0, 0.05) is 17.2 Å². The van der Waals surface area contributed by atoms with Gasteiger partial charge in [0.1, 0.15) is 0 Å². The standard InChI is InChI=1S/C19H26N4OS3/c24-16(19(8-2-3-9-19)15-7-6-13-25-15)20-17-21-22-18(27-17)26-14-12-23-10-4-1-5-11-23/h6-7,13H,1-5,8-12,14H2,(H,20,21,24). The van der Waals surface area contributed by atoms with Crippen molar-refractivity contribution in [2.75, 3.05) is 30.7 Å². The van der Waals surface area contributed by atoms with E-state index in [4.69, 9.17) is 0 Å². The second-order valence-electron chi connectivity index (χ2n) is 7.34. The van der Waals surface area contributed by atoms with Gasteiger partial charge in [-0.2, -0.15) is 0 Å². The van der Waals surface area contributed by atoms with Crippen molar-refractivity contribution < 1.29 is 4.79 Å². The Labute approximate surface area is 173 Å². The maximum atomic E-state index is 13.1. The molecule has 3 heterocycles. The van der Waals surface area contributed by atoms with Crippen molar-refractivity contribution in [3.8, 4) is 0 Å². The number of carbonyl (C=O) groups is 1. The fraction of sp³-hybridized carbons (Fsp3) is 0.632. The van der Waals surface area contributed by atoms with Gasteiger partial charge in [-0.3, -0.25) is 10.1 Å². The molecule has 0 atom stereocenters. The number of carbonyl (C=O) groups excluding carboxylic acids is 1. The fourth-order valence-corrected chi connectivity index (χ4v) is 6.90. The van der Waals surface area contributed by atoms with E-state index in [-0.39, 0.29) is 11.3 Å². The Morgan fingerprint density at radius 3 is 2.74 bits per heavy atom. The van der Waals surface area contributed by atoms with Crippen LogP contribution in [0.3, 0.4) is 0 Å². The van der Waals surface area contributed by atoms with Crippen molar-refractivity contribution in [3.63, 3.8) is 0 Å². The fourth-order valence-electron chi connectivity index (χ4n) is 4.10. The van der Waals surface area contributed by atoms with Crippen molar-refractivity contribution >= 4 is 45.5 Å². The van der Waals surface area contributed by atoms with E-state index in [9.17, 15) is 4.79 Å². The molecule has 2 aliphatic rings. The summed E-state index contributed by atoms with van der Waals surface area (Å²) in [5.74, 6) is 1.12. The molecule has 5 nitrogen and oxygen atoms in total.